The number of nitrogens with zero attached hydrogens (tertiary/aromatic N) is 1. The predicted molar refractivity (Wildman–Crippen MR) is 57.4 cm³/mol. The van der Waals surface area contributed by atoms with E-state index in [1.54, 1.807) is 12.1 Å². The molecule has 0 N–H and O–H groups in total. The molecule has 1 aromatic rings. The molecule has 0 unspecified atom stereocenters. The highest BCUT2D eigenvalue weighted by Gasteiger charge is 2.38. The van der Waals surface area contributed by atoms with E-state index >= 15 is 0 Å². The molecule has 2 rings (SSSR count). The van der Waals surface area contributed by atoms with Crippen molar-refractivity contribution in [2.24, 2.45) is 0 Å². The van der Waals surface area contributed by atoms with Crippen LogP contribution in [0.2, 0.25) is 0 Å². The number of rotatable bonds is 3. The summed E-state index contributed by atoms with van der Waals surface area (Å²) < 4.78 is 28.7. The van der Waals surface area contributed by atoms with Crippen LogP contribution in [0.1, 0.15) is 12.7 Å². The molecule has 1 fully saturated rings. The van der Waals surface area contributed by atoms with Gasteiger partial charge in [0.25, 0.3) is 0 Å². The first-order valence-corrected chi connectivity index (χ1v) is 6.70. The van der Waals surface area contributed by atoms with Crippen molar-refractivity contribution in [3.8, 4) is 0 Å². The summed E-state index contributed by atoms with van der Waals surface area (Å²) in [6.45, 7) is 2.05. The average molecular weight is 243 g/mol. The molecule has 0 bridgehead atoms. The summed E-state index contributed by atoms with van der Waals surface area (Å²) in [4.78, 5) is 12.4. The zero-order valence-corrected chi connectivity index (χ0v) is 9.74. The molecule has 0 spiro atoms. The van der Waals surface area contributed by atoms with Crippen LogP contribution in [0, 0.1) is 0 Å². The summed E-state index contributed by atoms with van der Waals surface area (Å²) in [7, 11) is -3.20. The third-order valence-electron chi connectivity index (χ3n) is 2.72. The lowest BCUT2D eigenvalue weighted by Crippen LogP contribution is -2.56. The van der Waals surface area contributed by atoms with E-state index < -0.39 is 15.1 Å². The quantitative estimate of drug-likeness (QED) is 0.772. The van der Waals surface area contributed by atoms with Gasteiger partial charge in [-0.3, -0.25) is 4.79 Å². The summed E-state index contributed by atoms with van der Waals surface area (Å²) in [5.41, 5.74) is 0. The lowest BCUT2D eigenvalue weighted by atomic mass is 10.2. The number of carbonyl (C=O) groups is 1. The Kier molecular flexibility index (Phi) is 2.75. The van der Waals surface area contributed by atoms with Crippen molar-refractivity contribution < 1.29 is 17.6 Å². The minimum Gasteiger partial charge on any atom is -0.468 e. The van der Waals surface area contributed by atoms with Gasteiger partial charge in [0.2, 0.25) is 5.91 Å². The molecule has 0 saturated carbocycles. The number of hydrogen-bond acceptors (Lipinski definition) is 4. The molecule has 1 saturated heterocycles. The first kappa shape index (κ1) is 11.2. The number of carbonyl (C=O) groups excluding carboxylic acids is 1. The summed E-state index contributed by atoms with van der Waals surface area (Å²) in [5, 5.41) is -0.443. The van der Waals surface area contributed by atoms with Crippen molar-refractivity contribution in [1.29, 1.82) is 0 Å². The first-order valence-electron chi connectivity index (χ1n) is 4.98. The molecule has 1 amide bonds. The fourth-order valence-electron chi connectivity index (χ4n) is 1.63. The number of amides is 1. The van der Waals surface area contributed by atoms with Gasteiger partial charge in [-0.15, -0.1) is 0 Å². The van der Waals surface area contributed by atoms with Gasteiger partial charge in [0.05, 0.1) is 11.5 Å². The molecule has 1 aliphatic heterocycles. The maximum atomic E-state index is 11.9. The van der Waals surface area contributed by atoms with Crippen molar-refractivity contribution in [3.05, 3.63) is 24.2 Å². The molecule has 16 heavy (non-hydrogen) atoms. The van der Waals surface area contributed by atoms with Gasteiger partial charge < -0.3 is 9.32 Å². The highest BCUT2D eigenvalue weighted by Crippen LogP contribution is 2.20. The molecule has 5 nitrogen and oxygen atoms in total. The minimum atomic E-state index is -3.20. The van der Waals surface area contributed by atoms with Gasteiger partial charge in [-0.05, 0) is 12.1 Å². The highest BCUT2D eigenvalue weighted by molar-refractivity contribution is 7.91. The van der Waals surface area contributed by atoms with Crippen LogP contribution in [-0.2, 0) is 20.4 Å². The van der Waals surface area contributed by atoms with Crippen LogP contribution in [0.15, 0.2) is 22.8 Å². The maximum Gasteiger partial charge on any atom is 0.219 e. The molecular formula is C10H13NO4S. The summed E-state index contributed by atoms with van der Waals surface area (Å²) >= 11 is 0. The van der Waals surface area contributed by atoms with E-state index in [0.717, 1.165) is 0 Å². The molecular weight excluding hydrogens is 230 g/mol. The topological polar surface area (TPSA) is 67.6 Å². The van der Waals surface area contributed by atoms with E-state index in [0.29, 0.717) is 18.8 Å². The van der Waals surface area contributed by atoms with E-state index in [1.165, 1.54) is 18.1 Å². The third kappa shape index (κ3) is 2.11. The molecule has 0 radical (unpaired) electrons. The van der Waals surface area contributed by atoms with E-state index in [1.807, 2.05) is 0 Å². The predicted octanol–water partition coefficient (Wildman–Crippen LogP) is 0.425. The molecule has 0 aliphatic carbocycles. The second-order valence-corrected chi connectivity index (χ2v) is 6.21. The van der Waals surface area contributed by atoms with Gasteiger partial charge in [0.1, 0.15) is 11.5 Å². The molecule has 1 aliphatic rings. The van der Waals surface area contributed by atoms with Crippen LogP contribution >= 0.6 is 0 Å². The zero-order valence-electron chi connectivity index (χ0n) is 8.92. The molecule has 88 valence electrons. The Balaban J connectivity index is 1.98. The second kappa shape index (κ2) is 3.93. The van der Waals surface area contributed by atoms with Crippen molar-refractivity contribution in [2.45, 2.75) is 17.9 Å². The molecule has 1 aromatic heterocycles. The fourth-order valence-corrected chi connectivity index (χ4v) is 3.24. The van der Waals surface area contributed by atoms with Crippen LogP contribution in [-0.4, -0.2) is 37.6 Å². The van der Waals surface area contributed by atoms with Crippen molar-refractivity contribution in [2.75, 3.05) is 13.1 Å². The van der Waals surface area contributed by atoms with Crippen LogP contribution in [0.25, 0.3) is 0 Å². The Morgan fingerprint density at radius 1 is 1.56 bits per heavy atom. The smallest absolute Gasteiger partial charge is 0.219 e. The minimum absolute atomic E-state index is 0.0792. The van der Waals surface area contributed by atoms with E-state index in [-0.39, 0.29) is 11.7 Å². The second-order valence-electron chi connectivity index (χ2n) is 3.93. The Bertz CT molecular complexity index is 471. The summed E-state index contributed by atoms with van der Waals surface area (Å²) in [5.74, 6) is 0.280. The van der Waals surface area contributed by atoms with Crippen LogP contribution in [0.5, 0.6) is 0 Å². The maximum absolute atomic E-state index is 11.9. The molecule has 2 heterocycles. The van der Waals surface area contributed by atoms with E-state index in [9.17, 15) is 13.2 Å². The molecule has 0 aromatic carbocycles. The van der Waals surface area contributed by atoms with Crippen LogP contribution in [0.4, 0.5) is 0 Å². The Hall–Kier alpha value is -1.30. The van der Waals surface area contributed by atoms with E-state index in [2.05, 4.69) is 0 Å². The normalized spacial score (nSPS) is 17.2. The Morgan fingerprint density at radius 3 is 2.75 bits per heavy atom. The van der Waals surface area contributed by atoms with Gasteiger partial charge in [-0.1, -0.05) is 0 Å². The molecule has 0 atom stereocenters. The number of hydrogen-bond donors (Lipinski definition) is 0. The summed E-state index contributed by atoms with van der Waals surface area (Å²) in [6, 6.07) is 3.30. The van der Waals surface area contributed by atoms with Gasteiger partial charge in [0, 0.05) is 20.0 Å². The number of sulfone groups is 1. The standard InChI is InChI=1S/C10H13NO4S/c1-8(12)11-5-10(6-11)16(13,14)7-9-3-2-4-15-9/h2-4,10H,5-7H2,1H3. The van der Waals surface area contributed by atoms with E-state index in [4.69, 9.17) is 4.42 Å². The monoisotopic (exact) mass is 243 g/mol. The van der Waals surface area contributed by atoms with Crippen LogP contribution < -0.4 is 0 Å². The zero-order chi connectivity index (χ0) is 11.8. The van der Waals surface area contributed by atoms with Crippen molar-refractivity contribution in [3.63, 3.8) is 0 Å². The van der Waals surface area contributed by atoms with Crippen molar-refractivity contribution >= 4 is 15.7 Å². The lowest BCUT2D eigenvalue weighted by molar-refractivity contribution is -0.131. The van der Waals surface area contributed by atoms with Crippen LogP contribution in [0.3, 0.4) is 0 Å². The third-order valence-corrected chi connectivity index (χ3v) is 4.73. The number of furan rings is 1. The lowest BCUT2D eigenvalue weighted by Gasteiger charge is -2.37. The first-order chi connectivity index (χ1) is 7.49. The summed E-state index contributed by atoms with van der Waals surface area (Å²) in [6.07, 6.45) is 1.45. The Morgan fingerprint density at radius 2 is 2.25 bits per heavy atom. The fraction of sp³-hybridized carbons (Fsp3) is 0.500. The number of likely N-dealkylation sites (tertiary alicyclic amines) is 1. The van der Waals surface area contributed by atoms with Gasteiger partial charge in [-0.25, -0.2) is 8.42 Å². The van der Waals surface area contributed by atoms with Gasteiger partial charge >= 0.3 is 0 Å². The van der Waals surface area contributed by atoms with Gasteiger partial charge in [0.15, 0.2) is 9.84 Å². The average Bonchev–Trinajstić information content (AvgIpc) is 2.50. The highest BCUT2D eigenvalue weighted by atomic mass is 32.2. The molecule has 6 heteroatoms. The van der Waals surface area contributed by atoms with Gasteiger partial charge in [-0.2, -0.15) is 0 Å². The Labute approximate surface area is 94.0 Å². The largest absolute Gasteiger partial charge is 0.468 e. The van der Waals surface area contributed by atoms with Crippen molar-refractivity contribution in [1.82, 2.24) is 4.90 Å². The SMILES string of the molecule is CC(=O)N1CC(S(=O)(=O)Cc2ccco2)C1.